The second-order valence-corrected chi connectivity index (χ2v) is 5.49. The third kappa shape index (κ3) is 3.58. The van der Waals surface area contributed by atoms with E-state index in [2.05, 4.69) is 25.7 Å². The number of nitrogens with zero attached hydrogens (tertiary/aromatic N) is 4. The molecule has 7 nitrogen and oxygen atoms in total. The van der Waals surface area contributed by atoms with E-state index in [-0.39, 0.29) is 18.3 Å². The van der Waals surface area contributed by atoms with E-state index in [0.29, 0.717) is 17.6 Å². The van der Waals surface area contributed by atoms with Gasteiger partial charge in [0.15, 0.2) is 5.82 Å². The number of halogens is 1. The van der Waals surface area contributed by atoms with Gasteiger partial charge in [-0.25, -0.2) is 9.67 Å². The van der Waals surface area contributed by atoms with Gasteiger partial charge in [0, 0.05) is 18.3 Å². The zero-order valence-corrected chi connectivity index (χ0v) is 13.2. The van der Waals surface area contributed by atoms with E-state index < -0.39 is 0 Å². The summed E-state index contributed by atoms with van der Waals surface area (Å²) in [5.74, 6) is 1.39. The van der Waals surface area contributed by atoms with E-state index >= 15 is 0 Å². The first-order valence-corrected chi connectivity index (χ1v) is 7.49. The highest BCUT2D eigenvalue weighted by Gasteiger charge is 2.21. The quantitative estimate of drug-likeness (QED) is 0.890. The molecule has 1 aliphatic rings. The van der Waals surface area contributed by atoms with Crippen molar-refractivity contribution >= 4 is 35.6 Å². The fourth-order valence-electron chi connectivity index (χ4n) is 2.26. The molecule has 0 radical (unpaired) electrons. The Balaban J connectivity index is 0.00000161. The molecule has 1 amide bonds. The average Bonchev–Trinajstić information content (AvgIpc) is 3.10. The Morgan fingerprint density at radius 2 is 2.24 bits per heavy atom. The van der Waals surface area contributed by atoms with Crippen LogP contribution in [0, 0.1) is 0 Å². The van der Waals surface area contributed by atoms with Crippen LogP contribution < -0.4 is 10.6 Å². The van der Waals surface area contributed by atoms with Crippen LogP contribution in [0.25, 0.3) is 0 Å². The van der Waals surface area contributed by atoms with E-state index in [1.165, 1.54) is 11.3 Å². The summed E-state index contributed by atoms with van der Waals surface area (Å²) in [5, 5.41) is 12.2. The summed E-state index contributed by atoms with van der Waals surface area (Å²) in [6.45, 7) is 1.98. The lowest BCUT2D eigenvalue weighted by Crippen LogP contribution is -2.27. The highest BCUT2D eigenvalue weighted by molar-refractivity contribution is 7.07. The van der Waals surface area contributed by atoms with Gasteiger partial charge in [-0.1, -0.05) is 0 Å². The summed E-state index contributed by atoms with van der Waals surface area (Å²) in [6, 6.07) is 0. The molecule has 0 aliphatic carbocycles. The minimum atomic E-state index is -0.251. The van der Waals surface area contributed by atoms with Crippen molar-refractivity contribution in [1.29, 1.82) is 0 Å². The zero-order chi connectivity index (χ0) is 13.9. The molecule has 0 atom stereocenters. The van der Waals surface area contributed by atoms with Gasteiger partial charge in [-0.05, 0) is 25.9 Å². The number of carbonyl (C=O) groups excluding carboxylic acids is 1. The minimum Gasteiger partial charge on any atom is -0.317 e. The van der Waals surface area contributed by atoms with Crippen molar-refractivity contribution in [2.24, 2.45) is 7.05 Å². The molecule has 0 saturated carbocycles. The summed E-state index contributed by atoms with van der Waals surface area (Å²) in [5.41, 5.74) is 2.04. The molecule has 114 valence electrons. The molecule has 1 fully saturated rings. The number of thiazole rings is 1. The Morgan fingerprint density at radius 1 is 1.48 bits per heavy atom. The summed E-state index contributed by atoms with van der Waals surface area (Å²) >= 11 is 1.39. The van der Waals surface area contributed by atoms with Gasteiger partial charge in [-0.15, -0.1) is 23.7 Å². The average molecular weight is 329 g/mol. The minimum absolute atomic E-state index is 0. The first kappa shape index (κ1) is 15.9. The molecule has 2 N–H and O–H groups in total. The van der Waals surface area contributed by atoms with Crippen molar-refractivity contribution in [3.8, 4) is 0 Å². The van der Waals surface area contributed by atoms with Gasteiger partial charge in [0.1, 0.15) is 5.69 Å². The number of rotatable bonds is 3. The molecule has 2 aromatic rings. The molecule has 0 unspecified atom stereocenters. The third-order valence-electron chi connectivity index (χ3n) is 3.37. The van der Waals surface area contributed by atoms with E-state index in [0.717, 1.165) is 31.8 Å². The molecular formula is C12H17ClN6OS. The van der Waals surface area contributed by atoms with E-state index in [9.17, 15) is 4.79 Å². The summed E-state index contributed by atoms with van der Waals surface area (Å²) in [7, 11) is 1.79. The fraction of sp³-hybridized carbons (Fsp3) is 0.500. The normalized spacial score (nSPS) is 15.5. The second-order valence-electron chi connectivity index (χ2n) is 4.77. The number of aryl methyl sites for hydroxylation is 1. The first-order valence-electron chi connectivity index (χ1n) is 6.55. The van der Waals surface area contributed by atoms with Crippen LogP contribution >= 0.6 is 23.7 Å². The number of hydrogen-bond donors (Lipinski definition) is 2. The Labute approximate surface area is 132 Å². The summed E-state index contributed by atoms with van der Waals surface area (Å²) in [6.07, 6.45) is 2.06. The first-order chi connectivity index (χ1) is 9.74. The molecule has 0 spiro atoms. The predicted octanol–water partition coefficient (Wildman–Crippen LogP) is 1.41. The number of anilines is 1. The molecule has 21 heavy (non-hydrogen) atoms. The number of nitrogens with one attached hydrogen (secondary N) is 2. The maximum atomic E-state index is 12.0. The SMILES string of the molecule is Cl.Cn1nc(C2CCNCC2)nc1NC(=O)c1cscn1. The van der Waals surface area contributed by atoms with Crippen LogP contribution in [0.4, 0.5) is 5.95 Å². The van der Waals surface area contributed by atoms with E-state index in [1.807, 2.05) is 0 Å². The lowest BCUT2D eigenvalue weighted by atomic mass is 9.98. The highest BCUT2D eigenvalue weighted by atomic mass is 35.5. The molecule has 0 aromatic carbocycles. The van der Waals surface area contributed by atoms with Gasteiger partial charge in [-0.3, -0.25) is 10.1 Å². The van der Waals surface area contributed by atoms with Crippen molar-refractivity contribution < 1.29 is 4.79 Å². The van der Waals surface area contributed by atoms with Gasteiger partial charge in [0.25, 0.3) is 5.91 Å². The highest BCUT2D eigenvalue weighted by Crippen LogP contribution is 2.23. The lowest BCUT2D eigenvalue weighted by Gasteiger charge is -2.19. The summed E-state index contributed by atoms with van der Waals surface area (Å²) in [4.78, 5) is 20.4. The Hall–Kier alpha value is -1.51. The van der Waals surface area contributed by atoms with Crippen molar-refractivity contribution in [3.05, 3.63) is 22.4 Å². The van der Waals surface area contributed by atoms with Gasteiger partial charge in [0.2, 0.25) is 5.95 Å². The maximum absolute atomic E-state index is 12.0. The number of carbonyl (C=O) groups is 1. The van der Waals surface area contributed by atoms with Crippen molar-refractivity contribution in [3.63, 3.8) is 0 Å². The number of piperidine rings is 1. The van der Waals surface area contributed by atoms with Crippen molar-refractivity contribution in [2.75, 3.05) is 18.4 Å². The van der Waals surface area contributed by atoms with Crippen LogP contribution in [0.15, 0.2) is 10.9 Å². The Bertz CT molecular complexity index is 593. The largest absolute Gasteiger partial charge is 0.317 e. The summed E-state index contributed by atoms with van der Waals surface area (Å²) < 4.78 is 1.61. The molecule has 0 bridgehead atoms. The van der Waals surface area contributed by atoms with Crippen LogP contribution in [-0.2, 0) is 7.05 Å². The van der Waals surface area contributed by atoms with Crippen molar-refractivity contribution in [2.45, 2.75) is 18.8 Å². The van der Waals surface area contributed by atoms with Crippen LogP contribution in [0.2, 0.25) is 0 Å². The van der Waals surface area contributed by atoms with Gasteiger partial charge < -0.3 is 5.32 Å². The van der Waals surface area contributed by atoms with E-state index in [1.54, 1.807) is 22.6 Å². The number of aromatic nitrogens is 4. The Morgan fingerprint density at radius 3 is 2.90 bits per heavy atom. The van der Waals surface area contributed by atoms with Crippen LogP contribution in [0.3, 0.4) is 0 Å². The van der Waals surface area contributed by atoms with Crippen LogP contribution in [0.5, 0.6) is 0 Å². The van der Waals surface area contributed by atoms with Gasteiger partial charge in [-0.2, -0.15) is 10.1 Å². The lowest BCUT2D eigenvalue weighted by molar-refractivity contribution is 0.102. The number of hydrogen-bond acceptors (Lipinski definition) is 6. The smallest absolute Gasteiger partial charge is 0.277 e. The Kier molecular flexibility index (Phi) is 5.27. The molecule has 3 heterocycles. The van der Waals surface area contributed by atoms with E-state index in [4.69, 9.17) is 0 Å². The molecule has 1 saturated heterocycles. The fourth-order valence-corrected chi connectivity index (χ4v) is 2.79. The van der Waals surface area contributed by atoms with Gasteiger partial charge in [0.05, 0.1) is 5.51 Å². The standard InChI is InChI=1S/C12H16N6OS.ClH/c1-18-12(16-11(19)9-6-20-7-14-9)15-10(17-18)8-2-4-13-5-3-8;/h6-8,13H,2-5H2,1H3,(H,15,16,17,19);1H. The van der Waals surface area contributed by atoms with Crippen molar-refractivity contribution in [1.82, 2.24) is 25.1 Å². The molecule has 9 heteroatoms. The molecule has 2 aromatic heterocycles. The molecular weight excluding hydrogens is 312 g/mol. The third-order valence-corrected chi connectivity index (χ3v) is 3.96. The molecule has 3 rings (SSSR count). The predicted molar refractivity (Wildman–Crippen MR) is 83.2 cm³/mol. The topological polar surface area (TPSA) is 84.7 Å². The maximum Gasteiger partial charge on any atom is 0.277 e. The van der Waals surface area contributed by atoms with Crippen LogP contribution in [-0.4, -0.2) is 38.7 Å². The second kappa shape index (κ2) is 6.97. The monoisotopic (exact) mass is 328 g/mol. The van der Waals surface area contributed by atoms with Crippen LogP contribution in [0.1, 0.15) is 35.1 Å². The number of amides is 1. The van der Waals surface area contributed by atoms with Gasteiger partial charge >= 0.3 is 0 Å². The zero-order valence-electron chi connectivity index (χ0n) is 11.6. The molecule has 1 aliphatic heterocycles.